The highest BCUT2D eigenvalue weighted by atomic mass is 32.2. The molecule has 4 heteroatoms. The van der Waals surface area contributed by atoms with E-state index in [1.54, 1.807) is 30.3 Å². The predicted octanol–water partition coefficient (Wildman–Crippen LogP) is 1.04. The molecule has 3 nitrogen and oxygen atoms in total. The fraction of sp³-hybridized carbons (Fsp3) is 0. The summed E-state index contributed by atoms with van der Waals surface area (Å²) in [6.45, 7) is 0. The molecule has 1 aromatic carbocycles. The predicted molar refractivity (Wildman–Crippen MR) is 41.0 cm³/mol. The normalized spacial score (nSPS) is 11.7. The summed E-state index contributed by atoms with van der Waals surface area (Å²) in [7, 11) is 0. The summed E-state index contributed by atoms with van der Waals surface area (Å²) in [6.07, 6.45) is 1.24. The van der Waals surface area contributed by atoms with Gasteiger partial charge in [-0.25, -0.2) is 4.79 Å². The van der Waals surface area contributed by atoms with Crippen LogP contribution in [0.4, 0.5) is 0 Å². The molecule has 1 rings (SSSR count). The van der Waals surface area contributed by atoms with Crippen molar-refractivity contribution in [2.75, 3.05) is 0 Å². The number of nitrogens with zero attached hydrogens (tertiary/aromatic N) is 1. The van der Waals surface area contributed by atoms with Gasteiger partial charge in [0.1, 0.15) is 11.4 Å². The Bertz CT molecular complexity index is 269. The highest BCUT2D eigenvalue weighted by Crippen LogP contribution is 2.09. The van der Waals surface area contributed by atoms with Crippen molar-refractivity contribution in [1.82, 2.24) is 0 Å². The van der Waals surface area contributed by atoms with Crippen LogP contribution in [0.5, 0.6) is 0 Å². The van der Waals surface area contributed by atoms with Gasteiger partial charge in [0.15, 0.2) is 4.90 Å². The van der Waals surface area contributed by atoms with Crippen molar-refractivity contribution in [3.63, 3.8) is 0 Å². The van der Waals surface area contributed by atoms with E-state index in [1.165, 1.54) is 6.08 Å². The number of hydrogen-bond donors (Lipinski definition) is 0. The highest BCUT2D eigenvalue weighted by Gasteiger charge is 2.07. The lowest BCUT2D eigenvalue weighted by atomic mass is 10.4. The van der Waals surface area contributed by atoms with E-state index in [2.05, 4.69) is 4.40 Å². The van der Waals surface area contributed by atoms with E-state index in [-0.39, 0.29) is 0 Å². The van der Waals surface area contributed by atoms with Crippen molar-refractivity contribution in [1.29, 1.82) is 0 Å². The van der Waals surface area contributed by atoms with Crippen LogP contribution in [-0.4, -0.2) is 10.6 Å². The molecule has 1 unspecified atom stereocenters. The summed E-state index contributed by atoms with van der Waals surface area (Å²) in [6, 6.07) is 8.53. The minimum absolute atomic E-state index is 0.510. The van der Waals surface area contributed by atoms with Gasteiger partial charge in [0, 0.05) is 4.40 Å². The van der Waals surface area contributed by atoms with Crippen molar-refractivity contribution in [3.8, 4) is 0 Å². The molecule has 0 saturated carbocycles. The Labute approximate surface area is 67.1 Å². The van der Waals surface area contributed by atoms with Crippen molar-refractivity contribution < 1.29 is 9.35 Å². The van der Waals surface area contributed by atoms with Crippen LogP contribution in [0.3, 0.4) is 0 Å². The fourth-order valence-electron chi connectivity index (χ4n) is 0.623. The first-order valence-electron chi connectivity index (χ1n) is 2.89. The van der Waals surface area contributed by atoms with Crippen LogP contribution >= 0.6 is 0 Å². The van der Waals surface area contributed by atoms with Crippen molar-refractivity contribution in [2.24, 2.45) is 4.40 Å². The molecule has 56 valence electrons. The number of benzene rings is 1. The summed E-state index contributed by atoms with van der Waals surface area (Å²) in [4.78, 5) is 10.2. The summed E-state index contributed by atoms with van der Waals surface area (Å²) < 4.78 is 14.0. The Morgan fingerprint density at radius 3 is 2.55 bits per heavy atom. The zero-order valence-corrected chi connectivity index (χ0v) is 6.38. The lowest BCUT2D eigenvalue weighted by Crippen LogP contribution is -1.94. The molecule has 1 aromatic rings. The Balaban J connectivity index is 2.84. The van der Waals surface area contributed by atoms with Gasteiger partial charge in [-0.15, -0.1) is 0 Å². The van der Waals surface area contributed by atoms with Gasteiger partial charge in [-0.05, 0) is 12.1 Å². The second-order valence-electron chi connectivity index (χ2n) is 1.74. The Kier molecular flexibility index (Phi) is 2.86. The first-order chi connectivity index (χ1) is 5.34. The lowest BCUT2D eigenvalue weighted by molar-refractivity contribution is 0.563. The van der Waals surface area contributed by atoms with E-state index in [9.17, 15) is 9.35 Å². The van der Waals surface area contributed by atoms with Crippen molar-refractivity contribution in [2.45, 2.75) is 4.90 Å². The zero-order chi connectivity index (χ0) is 8.10. The highest BCUT2D eigenvalue weighted by molar-refractivity contribution is 7.90. The monoisotopic (exact) mass is 167 g/mol. The van der Waals surface area contributed by atoms with E-state index in [0.29, 0.717) is 4.90 Å². The number of carbonyl (C=O) groups excluding carboxylic acids is 1. The van der Waals surface area contributed by atoms with Gasteiger partial charge in [0.05, 0.1) is 0 Å². The molecule has 0 heterocycles. The summed E-state index contributed by atoms with van der Waals surface area (Å²) in [5.41, 5.74) is 0. The lowest BCUT2D eigenvalue weighted by Gasteiger charge is -1.97. The minimum atomic E-state index is -1.58. The smallest absolute Gasteiger partial charge is 0.289 e. The van der Waals surface area contributed by atoms with Crippen LogP contribution < -0.4 is 0 Å². The standard InChI is InChI=1S/C7H5NO2S/c9-6-8-11(10)7-4-2-1-3-5-7/h1-5H. The molecule has 0 spiro atoms. The topological polar surface area (TPSA) is 52.5 Å². The first-order valence-corrected chi connectivity index (χ1v) is 4.00. The van der Waals surface area contributed by atoms with Crippen molar-refractivity contribution in [3.05, 3.63) is 30.3 Å². The zero-order valence-electron chi connectivity index (χ0n) is 5.56. The molecule has 0 radical (unpaired) electrons. The average Bonchev–Trinajstić information content (AvgIpc) is 2.07. The van der Waals surface area contributed by atoms with Gasteiger partial charge < -0.3 is 4.55 Å². The molecular formula is C7H5NO2S. The summed E-state index contributed by atoms with van der Waals surface area (Å²) in [5, 5.41) is 0. The largest absolute Gasteiger partial charge is 0.585 e. The minimum Gasteiger partial charge on any atom is -0.585 e. The molecule has 0 bridgehead atoms. The van der Waals surface area contributed by atoms with E-state index in [4.69, 9.17) is 0 Å². The molecule has 0 aromatic heterocycles. The second kappa shape index (κ2) is 3.93. The van der Waals surface area contributed by atoms with Crippen LogP contribution in [0.2, 0.25) is 0 Å². The maximum absolute atomic E-state index is 10.9. The summed E-state index contributed by atoms with van der Waals surface area (Å²) in [5.74, 6) is 0. The molecule has 1 atom stereocenters. The first kappa shape index (κ1) is 8.01. The SMILES string of the molecule is O=C=N[S+]([O-])c1ccccc1. The van der Waals surface area contributed by atoms with Crippen LogP contribution in [0, 0.1) is 0 Å². The van der Waals surface area contributed by atoms with Crippen LogP contribution in [0.15, 0.2) is 39.6 Å². The van der Waals surface area contributed by atoms with Crippen molar-refractivity contribution >= 4 is 17.4 Å². The third kappa shape index (κ3) is 2.20. The van der Waals surface area contributed by atoms with Gasteiger partial charge in [0.2, 0.25) is 0 Å². The molecule has 0 fully saturated rings. The van der Waals surface area contributed by atoms with E-state index >= 15 is 0 Å². The molecule has 0 amide bonds. The third-order valence-corrected chi connectivity index (χ3v) is 1.98. The molecule has 0 N–H and O–H groups in total. The molecule has 0 aliphatic carbocycles. The third-order valence-electron chi connectivity index (χ3n) is 1.07. The molecular weight excluding hydrogens is 162 g/mol. The molecule has 0 aliphatic heterocycles. The van der Waals surface area contributed by atoms with Gasteiger partial charge >= 0.3 is 0 Å². The molecule has 0 aliphatic rings. The average molecular weight is 167 g/mol. The van der Waals surface area contributed by atoms with Gasteiger partial charge in [-0.1, -0.05) is 18.2 Å². The van der Waals surface area contributed by atoms with Crippen LogP contribution in [0.1, 0.15) is 0 Å². The Morgan fingerprint density at radius 1 is 1.36 bits per heavy atom. The van der Waals surface area contributed by atoms with Crippen LogP contribution in [-0.2, 0) is 16.2 Å². The van der Waals surface area contributed by atoms with Gasteiger partial charge in [0.25, 0.3) is 6.08 Å². The van der Waals surface area contributed by atoms with Crippen LogP contribution in [0.25, 0.3) is 0 Å². The molecule has 11 heavy (non-hydrogen) atoms. The summed E-state index contributed by atoms with van der Waals surface area (Å²) >= 11 is -1.58. The second-order valence-corrected chi connectivity index (χ2v) is 2.90. The van der Waals surface area contributed by atoms with E-state index in [0.717, 1.165) is 0 Å². The maximum Gasteiger partial charge on any atom is 0.289 e. The van der Waals surface area contributed by atoms with E-state index in [1.807, 2.05) is 0 Å². The van der Waals surface area contributed by atoms with Gasteiger partial charge in [-0.2, -0.15) is 0 Å². The number of hydrogen-bond acceptors (Lipinski definition) is 3. The number of isocyanates is 1. The quantitative estimate of drug-likeness (QED) is 0.375. The Hall–Kier alpha value is -1.09. The molecule has 0 saturated heterocycles. The maximum atomic E-state index is 10.9. The fourth-order valence-corrected chi connectivity index (χ4v) is 1.19. The van der Waals surface area contributed by atoms with E-state index < -0.39 is 11.4 Å². The Morgan fingerprint density at radius 2 is 2.00 bits per heavy atom. The number of rotatable bonds is 2. The van der Waals surface area contributed by atoms with Gasteiger partial charge in [-0.3, -0.25) is 0 Å².